The first-order valence-electron chi connectivity index (χ1n) is 4.55. The van der Waals surface area contributed by atoms with E-state index in [9.17, 15) is 9.59 Å². The topological polar surface area (TPSA) is 69.6 Å². The van der Waals surface area contributed by atoms with Gasteiger partial charge in [0.05, 0.1) is 6.54 Å². The van der Waals surface area contributed by atoms with Gasteiger partial charge in [0.1, 0.15) is 6.54 Å². The largest absolute Gasteiger partial charge is 0.480 e. The molecular formula is C9H15ClN2O3. The summed E-state index contributed by atoms with van der Waals surface area (Å²) in [5.41, 5.74) is 0. The van der Waals surface area contributed by atoms with Crippen molar-refractivity contribution in [2.75, 3.05) is 19.6 Å². The summed E-state index contributed by atoms with van der Waals surface area (Å²) in [6, 6.07) is -0.443. The number of carboxylic acids is 1. The standard InChI is InChI=1S/C9H15ClN2O3/c1-3-4-12(6-8(13)14)9(15)11-5-7(2)10/h2-6H2,1H3,(H,11,15)(H,13,14). The molecule has 0 aromatic heterocycles. The first kappa shape index (κ1) is 13.8. The number of carbonyl (C=O) groups is 2. The Hall–Kier alpha value is -1.23. The molecule has 0 aromatic rings. The third kappa shape index (κ3) is 6.79. The fourth-order valence-corrected chi connectivity index (χ4v) is 1.04. The highest BCUT2D eigenvalue weighted by molar-refractivity contribution is 6.29. The van der Waals surface area contributed by atoms with Gasteiger partial charge in [0.15, 0.2) is 0 Å². The lowest BCUT2D eigenvalue weighted by molar-refractivity contribution is -0.137. The van der Waals surface area contributed by atoms with Crippen LogP contribution in [0.3, 0.4) is 0 Å². The molecule has 0 aliphatic rings. The fraction of sp³-hybridized carbons (Fsp3) is 0.556. The molecule has 15 heavy (non-hydrogen) atoms. The molecule has 6 heteroatoms. The predicted molar refractivity (Wildman–Crippen MR) is 57.9 cm³/mol. The van der Waals surface area contributed by atoms with Crippen LogP contribution < -0.4 is 5.32 Å². The lowest BCUT2D eigenvalue weighted by Gasteiger charge is -2.20. The minimum atomic E-state index is -1.04. The van der Waals surface area contributed by atoms with Gasteiger partial charge in [-0.25, -0.2) is 4.79 Å². The fourth-order valence-electron chi connectivity index (χ4n) is 0.969. The molecule has 0 unspecified atom stereocenters. The van der Waals surface area contributed by atoms with Crippen LogP contribution in [-0.2, 0) is 4.79 Å². The summed E-state index contributed by atoms with van der Waals surface area (Å²) in [6.45, 7) is 5.50. The summed E-state index contributed by atoms with van der Waals surface area (Å²) in [6.07, 6.45) is 0.697. The summed E-state index contributed by atoms with van der Waals surface area (Å²) < 4.78 is 0. The van der Waals surface area contributed by atoms with Gasteiger partial charge >= 0.3 is 12.0 Å². The molecule has 2 amide bonds. The van der Waals surface area contributed by atoms with E-state index < -0.39 is 12.0 Å². The average Bonchev–Trinajstić information content (AvgIpc) is 2.12. The van der Waals surface area contributed by atoms with Crippen LogP contribution in [0.1, 0.15) is 13.3 Å². The zero-order valence-electron chi connectivity index (χ0n) is 8.62. The molecule has 0 rings (SSSR count). The van der Waals surface area contributed by atoms with Crippen LogP contribution in [0.5, 0.6) is 0 Å². The third-order valence-corrected chi connectivity index (χ3v) is 1.67. The molecule has 0 spiro atoms. The molecule has 0 heterocycles. The zero-order valence-corrected chi connectivity index (χ0v) is 9.38. The lowest BCUT2D eigenvalue weighted by atomic mass is 10.4. The number of carbonyl (C=O) groups excluding carboxylic acids is 1. The summed E-state index contributed by atoms with van der Waals surface area (Å²) in [7, 11) is 0. The van der Waals surface area contributed by atoms with E-state index >= 15 is 0 Å². The van der Waals surface area contributed by atoms with E-state index in [0.29, 0.717) is 18.0 Å². The number of amides is 2. The van der Waals surface area contributed by atoms with Crippen LogP contribution in [0.15, 0.2) is 11.6 Å². The van der Waals surface area contributed by atoms with E-state index in [4.69, 9.17) is 16.7 Å². The van der Waals surface area contributed by atoms with E-state index in [0.717, 1.165) is 0 Å². The number of nitrogens with one attached hydrogen (secondary N) is 1. The van der Waals surface area contributed by atoms with Crippen LogP contribution in [0.2, 0.25) is 0 Å². The summed E-state index contributed by atoms with van der Waals surface area (Å²) >= 11 is 5.47. The molecule has 0 saturated carbocycles. The number of urea groups is 1. The van der Waals surface area contributed by atoms with Crippen LogP contribution in [0.25, 0.3) is 0 Å². The van der Waals surface area contributed by atoms with Crippen molar-refractivity contribution in [2.45, 2.75) is 13.3 Å². The van der Waals surface area contributed by atoms with Crippen molar-refractivity contribution >= 4 is 23.6 Å². The highest BCUT2D eigenvalue weighted by Gasteiger charge is 2.14. The molecule has 5 nitrogen and oxygen atoms in total. The van der Waals surface area contributed by atoms with E-state index in [-0.39, 0.29) is 13.1 Å². The number of aliphatic carboxylic acids is 1. The minimum Gasteiger partial charge on any atom is -0.480 e. The Balaban J connectivity index is 4.15. The van der Waals surface area contributed by atoms with Crippen LogP contribution in [0.4, 0.5) is 4.79 Å². The van der Waals surface area contributed by atoms with Gasteiger partial charge in [0.2, 0.25) is 0 Å². The van der Waals surface area contributed by atoms with Gasteiger partial charge in [0.25, 0.3) is 0 Å². The van der Waals surface area contributed by atoms with Crippen molar-refractivity contribution in [3.05, 3.63) is 11.6 Å². The average molecular weight is 235 g/mol. The number of hydrogen-bond acceptors (Lipinski definition) is 2. The highest BCUT2D eigenvalue weighted by atomic mass is 35.5. The molecule has 86 valence electrons. The van der Waals surface area contributed by atoms with Crippen molar-refractivity contribution in [1.29, 1.82) is 0 Å². The van der Waals surface area contributed by atoms with Gasteiger partial charge in [0, 0.05) is 11.6 Å². The van der Waals surface area contributed by atoms with Gasteiger partial charge in [-0.1, -0.05) is 25.1 Å². The molecule has 0 saturated heterocycles. The molecule has 0 radical (unpaired) electrons. The SMILES string of the molecule is C=C(Cl)CNC(=O)N(CCC)CC(=O)O. The maximum absolute atomic E-state index is 11.4. The number of hydrogen-bond donors (Lipinski definition) is 2. The van der Waals surface area contributed by atoms with E-state index in [1.54, 1.807) is 0 Å². The Morgan fingerprint density at radius 3 is 2.53 bits per heavy atom. The van der Waals surface area contributed by atoms with Gasteiger partial charge in [-0.3, -0.25) is 4.79 Å². The molecule has 0 aliphatic heterocycles. The lowest BCUT2D eigenvalue weighted by Crippen LogP contribution is -2.43. The Kier molecular flexibility index (Phi) is 6.53. The maximum Gasteiger partial charge on any atom is 0.323 e. The molecule has 0 fully saturated rings. The molecule has 0 bridgehead atoms. The number of nitrogens with zero attached hydrogens (tertiary/aromatic N) is 1. The first-order valence-corrected chi connectivity index (χ1v) is 4.93. The molecule has 0 aromatic carbocycles. The maximum atomic E-state index is 11.4. The summed E-state index contributed by atoms with van der Waals surface area (Å²) in [5.74, 6) is -1.04. The highest BCUT2D eigenvalue weighted by Crippen LogP contribution is 1.96. The van der Waals surface area contributed by atoms with Crippen LogP contribution >= 0.6 is 11.6 Å². The minimum absolute atomic E-state index is 0.139. The second-order valence-electron chi connectivity index (χ2n) is 2.99. The van der Waals surface area contributed by atoms with Crippen molar-refractivity contribution in [1.82, 2.24) is 10.2 Å². The third-order valence-electron chi connectivity index (χ3n) is 1.54. The zero-order chi connectivity index (χ0) is 11.8. The van der Waals surface area contributed by atoms with Crippen LogP contribution in [0, 0.1) is 0 Å². The number of carboxylic acid groups (broad SMARTS) is 1. The Morgan fingerprint density at radius 2 is 2.13 bits per heavy atom. The Morgan fingerprint density at radius 1 is 1.53 bits per heavy atom. The predicted octanol–water partition coefficient (Wildman–Crippen LogP) is 1.25. The van der Waals surface area contributed by atoms with E-state index in [1.807, 2.05) is 6.92 Å². The van der Waals surface area contributed by atoms with Gasteiger partial charge < -0.3 is 15.3 Å². The molecular weight excluding hydrogens is 220 g/mol. The van der Waals surface area contributed by atoms with E-state index in [2.05, 4.69) is 11.9 Å². The first-order chi connectivity index (χ1) is 6.97. The Labute approximate surface area is 93.7 Å². The van der Waals surface area contributed by atoms with Crippen LogP contribution in [-0.4, -0.2) is 41.6 Å². The smallest absolute Gasteiger partial charge is 0.323 e. The molecule has 2 N–H and O–H groups in total. The Bertz CT molecular complexity index is 256. The van der Waals surface area contributed by atoms with Gasteiger partial charge in [-0.2, -0.15) is 0 Å². The van der Waals surface area contributed by atoms with Crippen molar-refractivity contribution in [2.24, 2.45) is 0 Å². The second-order valence-corrected chi connectivity index (χ2v) is 3.53. The normalized spacial score (nSPS) is 9.47. The van der Waals surface area contributed by atoms with Crippen molar-refractivity contribution in [3.8, 4) is 0 Å². The van der Waals surface area contributed by atoms with Crippen molar-refractivity contribution in [3.63, 3.8) is 0 Å². The quantitative estimate of drug-likeness (QED) is 0.727. The van der Waals surface area contributed by atoms with Gasteiger partial charge in [-0.05, 0) is 6.42 Å². The second kappa shape index (κ2) is 7.11. The van der Waals surface area contributed by atoms with E-state index in [1.165, 1.54) is 4.90 Å². The summed E-state index contributed by atoms with van der Waals surface area (Å²) in [5, 5.41) is 11.3. The van der Waals surface area contributed by atoms with Gasteiger partial charge in [-0.15, -0.1) is 0 Å². The monoisotopic (exact) mass is 234 g/mol. The molecule has 0 aliphatic carbocycles. The van der Waals surface area contributed by atoms with Crippen molar-refractivity contribution < 1.29 is 14.7 Å². The number of halogens is 1. The number of rotatable bonds is 6. The molecule has 0 atom stereocenters. The summed E-state index contributed by atoms with van der Waals surface area (Å²) in [4.78, 5) is 23.1.